The van der Waals surface area contributed by atoms with Crippen molar-refractivity contribution in [1.82, 2.24) is 9.29 Å². The lowest BCUT2D eigenvalue weighted by Gasteiger charge is -2.23. The zero-order valence-electron chi connectivity index (χ0n) is 15.8. The van der Waals surface area contributed by atoms with Gasteiger partial charge in [0.2, 0.25) is 10.0 Å². The van der Waals surface area contributed by atoms with Crippen molar-refractivity contribution in [1.29, 1.82) is 0 Å². The summed E-state index contributed by atoms with van der Waals surface area (Å²) in [7, 11) is -3.67. The van der Waals surface area contributed by atoms with Crippen LogP contribution in [0.25, 0.3) is 0 Å². The summed E-state index contributed by atoms with van der Waals surface area (Å²) in [6, 6.07) is 7.72. The van der Waals surface area contributed by atoms with E-state index in [1.165, 1.54) is 28.7 Å². The van der Waals surface area contributed by atoms with Crippen molar-refractivity contribution in [2.45, 2.75) is 18.2 Å². The van der Waals surface area contributed by atoms with Gasteiger partial charge in [-0.05, 0) is 43.7 Å². The summed E-state index contributed by atoms with van der Waals surface area (Å²) in [5.74, 6) is 0.271. The van der Waals surface area contributed by atoms with Crippen molar-refractivity contribution >= 4 is 45.0 Å². The van der Waals surface area contributed by atoms with Crippen LogP contribution in [0.3, 0.4) is 0 Å². The van der Waals surface area contributed by atoms with Gasteiger partial charge in [0.05, 0.1) is 27.1 Å². The van der Waals surface area contributed by atoms with Crippen molar-refractivity contribution in [3.63, 3.8) is 0 Å². The van der Waals surface area contributed by atoms with Crippen LogP contribution in [0.15, 0.2) is 41.4 Å². The fourth-order valence-electron chi connectivity index (χ4n) is 3.06. The second kappa shape index (κ2) is 9.30. The van der Waals surface area contributed by atoms with Crippen LogP contribution in [0.4, 0.5) is 5.82 Å². The van der Waals surface area contributed by atoms with Crippen LogP contribution in [0.2, 0.25) is 10.0 Å². The smallest absolute Gasteiger partial charge is 0.339 e. The molecule has 0 atom stereocenters. The van der Waals surface area contributed by atoms with Gasteiger partial charge in [-0.1, -0.05) is 23.2 Å². The number of hydrogen-bond acceptors (Lipinski definition) is 6. The van der Waals surface area contributed by atoms with Crippen LogP contribution in [0.5, 0.6) is 0 Å². The molecule has 1 saturated heterocycles. The molecule has 29 heavy (non-hydrogen) atoms. The quantitative estimate of drug-likeness (QED) is 0.639. The molecule has 0 N–H and O–H groups in total. The molecular formula is C19H21Cl2N3O4S. The van der Waals surface area contributed by atoms with Crippen molar-refractivity contribution in [3.05, 3.63) is 52.1 Å². The third kappa shape index (κ3) is 5.01. The Morgan fingerprint density at radius 3 is 2.55 bits per heavy atom. The largest absolute Gasteiger partial charge is 0.462 e. The standard InChI is InChI=1S/C19H21Cl2N3O4S/c1-2-28-19(25)14-4-7-18(22-13-14)23-8-3-9-24(11-10-23)29(26,27)15-5-6-16(20)17(21)12-15/h4-7,12-13H,2-3,8-11H2,1H3. The summed E-state index contributed by atoms with van der Waals surface area (Å²) >= 11 is 11.9. The van der Waals surface area contributed by atoms with Crippen molar-refractivity contribution < 1.29 is 17.9 Å². The molecule has 1 aromatic carbocycles. The van der Waals surface area contributed by atoms with Gasteiger partial charge in [-0.25, -0.2) is 18.2 Å². The molecule has 2 aromatic rings. The zero-order chi connectivity index (χ0) is 21.0. The second-order valence-corrected chi connectivity index (χ2v) is 9.20. The number of rotatable bonds is 5. The molecule has 0 amide bonds. The van der Waals surface area contributed by atoms with Gasteiger partial charge in [-0.3, -0.25) is 0 Å². The Bertz CT molecular complexity index is 983. The maximum Gasteiger partial charge on any atom is 0.339 e. The van der Waals surface area contributed by atoms with Crippen LogP contribution in [-0.2, 0) is 14.8 Å². The Morgan fingerprint density at radius 1 is 1.10 bits per heavy atom. The minimum atomic E-state index is -3.67. The number of aromatic nitrogens is 1. The molecule has 7 nitrogen and oxygen atoms in total. The van der Waals surface area contributed by atoms with E-state index in [4.69, 9.17) is 27.9 Å². The van der Waals surface area contributed by atoms with Crippen LogP contribution < -0.4 is 4.90 Å². The van der Waals surface area contributed by atoms with Crippen LogP contribution in [0.1, 0.15) is 23.7 Å². The topological polar surface area (TPSA) is 79.8 Å². The third-order valence-electron chi connectivity index (χ3n) is 4.57. The molecule has 0 aliphatic carbocycles. The molecule has 1 aromatic heterocycles. The number of ether oxygens (including phenoxy) is 1. The van der Waals surface area contributed by atoms with Crippen LogP contribution >= 0.6 is 23.2 Å². The molecule has 0 saturated carbocycles. The number of carbonyl (C=O) groups is 1. The van der Waals surface area contributed by atoms with Gasteiger partial charge in [0.25, 0.3) is 0 Å². The lowest BCUT2D eigenvalue weighted by molar-refractivity contribution is 0.0526. The molecule has 10 heteroatoms. The summed E-state index contributed by atoms with van der Waals surface area (Å²) < 4.78 is 32.3. The maximum absolute atomic E-state index is 13.0. The Hall–Kier alpha value is -1.87. The molecule has 0 unspecified atom stereocenters. The normalized spacial score (nSPS) is 15.8. The summed E-state index contributed by atoms with van der Waals surface area (Å²) in [4.78, 5) is 18.2. The molecule has 156 valence electrons. The summed E-state index contributed by atoms with van der Waals surface area (Å²) in [5.41, 5.74) is 0.384. The van der Waals surface area contributed by atoms with Gasteiger partial charge < -0.3 is 9.64 Å². The van der Waals surface area contributed by atoms with E-state index >= 15 is 0 Å². The molecule has 1 aliphatic rings. The zero-order valence-corrected chi connectivity index (χ0v) is 18.2. The van der Waals surface area contributed by atoms with Gasteiger partial charge in [0.1, 0.15) is 5.82 Å². The van der Waals surface area contributed by atoms with Gasteiger partial charge in [0, 0.05) is 32.4 Å². The van der Waals surface area contributed by atoms with Gasteiger partial charge >= 0.3 is 5.97 Å². The predicted molar refractivity (Wildman–Crippen MR) is 112 cm³/mol. The minimum Gasteiger partial charge on any atom is -0.462 e. The molecule has 0 radical (unpaired) electrons. The fraction of sp³-hybridized carbons (Fsp3) is 0.368. The fourth-order valence-corrected chi connectivity index (χ4v) is 4.92. The van der Waals surface area contributed by atoms with E-state index in [0.717, 1.165) is 0 Å². The highest BCUT2D eigenvalue weighted by Gasteiger charge is 2.27. The van der Waals surface area contributed by atoms with Gasteiger partial charge in [-0.15, -0.1) is 0 Å². The number of anilines is 1. The molecule has 1 aliphatic heterocycles. The average molecular weight is 458 g/mol. The monoisotopic (exact) mass is 457 g/mol. The second-order valence-electron chi connectivity index (χ2n) is 6.45. The maximum atomic E-state index is 13.0. The van der Waals surface area contributed by atoms with Crippen LogP contribution in [-0.4, -0.2) is 56.5 Å². The van der Waals surface area contributed by atoms with E-state index in [-0.39, 0.29) is 9.92 Å². The third-order valence-corrected chi connectivity index (χ3v) is 7.20. The van der Waals surface area contributed by atoms with Crippen molar-refractivity contribution in [2.75, 3.05) is 37.7 Å². The van der Waals surface area contributed by atoms with Gasteiger partial charge in [-0.2, -0.15) is 4.31 Å². The number of halogens is 2. The number of pyridine rings is 1. The van der Waals surface area contributed by atoms with E-state index in [1.54, 1.807) is 19.1 Å². The highest BCUT2D eigenvalue weighted by Crippen LogP contribution is 2.27. The molecule has 2 heterocycles. The van der Waals surface area contributed by atoms with E-state index in [2.05, 4.69) is 4.98 Å². The Balaban J connectivity index is 1.71. The van der Waals surface area contributed by atoms with E-state index in [1.807, 2.05) is 4.90 Å². The Morgan fingerprint density at radius 2 is 1.90 bits per heavy atom. The SMILES string of the molecule is CCOC(=O)c1ccc(N2CCCN(S(=O)(=O)c3ccc(Cl)c(Cl)c3)CC2)nc1. The first-order valence-corrected chi connectivity index (χ1v) is 11.4. The summed E-state index contributed by atoms with van der Waals surface area (Å²) in [6.45, 7) is 3.87. The number of carbonyl (C=O) groups excluding carboxylic acids is 1. The number of nitrogens with zero attached hydrogens (tertiary/aromatic N) is 3. The van der Waals surface area contributed by atoms with Gasteiger partial charge in [0.15, 0.2) is 0 Å². The predicted octanol–water partition coefficient (Wildman–Crippen LogP) is 3.47. The molecule has 3 rings (SSSR count). The first-order valence-electron chi connectivity index (χ1n) is 9.16. The highest BCUT2D eigenvalue weighted by atomic mass is 35.5. The highest BCUT2D eigenvalue weighted by molar-refractivity contribution is 7.89. The average Bonchev–Trinajstić information content (AvgIpc) is 2.97. The van der Waals surface area contributed by atoms with Crippen molar-refractivity contribution in [2.24, 2.45) is 0 Å². The van der Waals surface area contributed by atoms with E-state index < -0.39 is 16.0 Å². The molecule has 0 spiro atoms. The number of sulfonamides is 1. The van der Waals surface area contributed by atoms with Crippen molar-refractivity contribution in [3.8, 4) is 0 Å². The van der Waals surface area contributed by atoms with Crippen LogP contribution in [0, 0.1) is 0 Å². The first kappa shape index (κ1) is 21.8. The number of benzene rings is 1. The van der Waals surface area contributed by atoms with E-state index in [9.17, 15) is 13.2 Å². The molecule has 0 bridgehead atoms. The summed E-state index contributed by atoms with van der Waals surface area (Å²) in [6.07, 6.45) is 2.12. The summed E-state index contributed by atoms with van der Waals surface area (Å²) in [5, 5.41) is 0.514. The van der Waals surface area contributed by atoms with E-state index in [0.29, 0.717) is 55.6 Å². The Labute approximate surface area is 180 Å². The number of hydrogen-bond donors (Lipinski definition) is 0. The first-order chi connectivity index (χ1) is 13.8. The lowest BCUT2D eigenvalue weighted by atomic mass is 10.2. The Kier molecular flexibility index (Phi) is 7.00. The molecule has 1 fully saturated rings. The molecular weight excluding hydrogens is 437 g/mol. The lowest BCUT2D eigenvalue weighted by Crippen LogP contribution is -2.35. The minimum absolute atomic E-state index is 0.122. The number of esters is 1.